The number of nitrogens with zero attached hydrogens (tertiary/aromatic N) is 1. The fourth-order valence-electron chi connectivity index (χ4n) is 5.81. The van der Waals surface area contributed by atoms with Crippen LogP contribution in [-0.2, 0) is 16.1 Å². The summed E-state index contributed by atoms with van der Waals surface area (Å²) in [5.74, 6) is -0.700. The average Bonchev–Trinajstić information content (AvgIpc) is 3.47. The SMILES string of the molecule is COC(=O)C[C@H](O)C[C@H](O)C=Cc1c(-c2ccc(F)cc2)c(-c2ccccc2)c(C(=O)Nc2ccc(OCc3ccccc3)cc2)n1C(C)C. The Morgan fingerprint density at radius 1 is 0.840 bits per heavy atom. The summed E-state index contributed by atoms with van der Waals surface area (Å²) in [6, 6.07) is 32.3. The van der Waals surface area contributed by atoms with Gasteiger partial charge in [-0.2, -0.15) is 0 Å². The summed E-state index contributed by atoms with van der Waals surface area (Å²) < 4.78 is 26.6. The zero-order valence-corrected chi connectivity index (χ0v) is 28.3. The molecule has 0 unspecified atom stereocenters. The minimum Gasteiger partial charge on any atom is -0.489 e. The maximum absolute atomic E-state index is 14.4. The molecule has 3 N–H and O–H groups in total. The average molecular weight is 677 g/mol. The number of benzene rings is 4. The molecule has 0 spiro atoms. The van der Waals surface area contributed by atoms with Gasteiger partial charge in [-0.05, 0) is 73.0 Å². The minimum atomic E-state index is -1.12. The van der Waals surface area contributed by atoms with Crippen molar-refractivity contribution < 1.29 is 33.7 Å². The summed E-state index contributed by atoms with van der Waals surface area (Å²) in [5, 5.41) is 24.3. The Labute approximate surface area is 291 Å². The zero-order chi connectivity index (χ0) is 35.6. The second-order valence-electron chi connectivity index (χ2n) is 12.2. The number of carbonyl (C=O) groups excluding carboxylic acids is 2. The van der Waals surface area contributed by atoms with E-state index in [1.54, 1.807) is 42.5 Å². The Bertz CT molecular complexity index is 1900. The van der Waals surface area contributed by atoms with Crippen LogP contribution < -0.4 is 10.1 Å². The molecular formula is C41H41FN2O6. The normalized spacial score (nSPS) is 12.5. The Hall–Kier alpha value is -5.51. The van der Waals surface area contributed by atoms with E-state index in [9.17, 15) is 24.2 Å². The van der Waals surface area contributed by atoms with Gasteiger partial charge in [-0.25, -0.2) is 4.39 Å². The zero-order valence-electron chi connectivity index (χ0n) is 28.3. The lowest BCUT2D eigenvalue weighted by molar-refractivity contribution is -0.143. The molecule has 0 bridgehead atoms. The van der Waals surface area contributed by atoms with Crippen LogP contribution in [0.5, 0.6) is 5.75 Å². The van der Waals surface area contributed by atoms with Crippen LogP contribution in [0.15, 0.2) is 115 Å². The van der Waals surface area contributed by atoms with Gasteiger partial charge in [-0.15, -0.1) is 0 Å². The van der Waals surface area contributed by atoms with Crippen molar-refractivity contribution in [1.29, 1.82) is 0 Å². The van der Waals surface area contributed by atoms with Crippen LogP contribution in [0.1, 0.15) is 54.5 Å². The second kappa shape index (κ2) is 16.7. The molecule has 0 saturated heterocycles. The lowest BCUT2D eigenvalue weighted by Gasteiger charge is -2.17. The number of hydrogen-bond acceptors (Lipinski definition) is 6. The number of aliphatic hydroxyl groups is 2. The molecule has 0 aliphatic carbocycles. The van der Waals surface area contributed by atoms with Gasteiger partial charge in [-0.1, -0.05) is 78.9 Å². The van der Waals surface area contributed by atoms with Crippen LogP contribution in [0.3, 0.4) is 0 Å². The molecule has 0 fully saturated rings. The number of aromatic nitrogens is 1. The summed E-state index contributed by atoms with van der Waals surface area (Å²) in [7, 11) is 1.23. The summed E-state index contributed by atoms with van der Waals surface area (Å²) >= 11 is 0. The molecule has 0 aliphatic heterocycles. The van der Waals surface area contributed by atoms with Gasteiger partial charge >= 0.3 is 5.97 Å². The van der Waals surface area contributed by atoms with Gasteiger partial charge < -0.3 is 29.6 Å². The number of amides is 1. The number of hydrogen-bond donors (Lipinski definition) is 3. The number of anilines is 1. The maximum Gasteiger partial charge on any atom is 0.308 e. The highest BCUT2D eigenvalue weighted by Crippen LogP contribution is 2.43. The summed E-state index contributed by atoms with van der Waals surface area (Å²) in [4.78, 5) is 26.1. The van der Waals surface area contributed by atoms with E-state index in [0.717, 1.165) is 11.1 Å². The Balaban J connectivity index is 1.56. The molecule has 0 radical (unpaired) electrons. The van der Waals surface area contributed by atoms with Gasteiger partial charge in [0, 0.05) is 35.0 Å². The molecular weight excluding hydrogens is 635 g/mol. The van der Waals surface area contributed by atoms with Gasteiger partial charge in [0.15, 0.2) is 0 Å². The smallest absolute Gasteiger partial charge is 0.308 e. The van der Waals surface area contributed by atoms with Crippen molar-refractivity contribution in [2.75, 3.05) is 12.4 Å². The summed E-state index contributed by atoms with van der Waals surface area (Å²) in [5.41, 5.74) is 5.30. The van der Waals surface area contributed by atoms with Gasteiger partial charge in [-0.3, -0.25) is 9.59 Å². The van der Waals surface area contributed by atoms with Crippen LogP contribution in [0.25, 0.3) is 28.3 Å². The lowest BCUT2D eigenvalue weighted by atomic mass is 9.94. The molecule has 258 valence electrons. The minimum absolute atomic E-state index is 0.107. The fraction of sp³-hybridized carbons (Fsp3) is 0.220. The van der Waals surface area contributed by atoms with Gasteiger partial charge in [0.05, 0.1) is 25.7 Å². The first-order chi connectivity index (χ1) is 24.1. The van der Waals surface area contributed by atoms with E-state index < -0.39 is 24.0 Å². The molecule has 0 saturated carbocycles. The third-order valence-electron chi connectivity index (χ3n) is 8.15. The largest absolute Gasteiger partial charge is 0.489 e. The number of carbonyl (C=O) groups is 2. The second-order valence-corrected chi connectivity index (χ2v) is 12.2. The Kier molecular flexibility index (Phi) is 12.0. The number of halogens is 1. The van der Waals surface area contributed by atoms with Crippen molar-refractivity contribution in [1.82, 2.24) is 4.57 Å². The van der Waals surface area contributed by atoms with Crippen LogP contribution in [0.2, 0.25) is 0 Å². The first-order valence-corrected chi connectivity index (χ1v) is 16.4. The van der Waals surface area contributed by atoms with Crippen molar-refractivity contribution in [3.05, 3.63) is 138 Å². The van der Waals surface area contributed by atoms with Crippen molar-refractivity contribution in [2.24, 2.45) is 0 Å². The highest BCUT2D eigenvalue weighted by Gasteiger charge is 2.29. The quantitative estimate of drug-likeness (QED) is 0.103. The Morgan fingerprint density at radius 2 is 1.46 bits per heavy atom. The van der Waals surface area contributed by atoms with Crippen LogP contribution >= 0.6 is 0 Å². The van der Waals surface area contributed by atoms with E-state index in [2.05, 4.69) is 10.1 Å². The number of rotatable bonds is 14. The van der Waals surface area contributed by atoms with Crippen molar-refractivity contribution in [2.45, 2.75) is 51.5 Å². The Morgan fingerprint density at radius 3 is 2.08 bits per heavy atom. The predicted octanol–water partition coefficient (Wildman–Crippen LogP) is 8.06. The fourth-order valence-corrected chi connectivity index (χ4v) is 5.81. The van der Waals surface area contributed by atoms with Gasteiger partial charge in [0.25, 0.3) is 5.91 Å². The summed E-state index contributed by atoms with van der Waals surface area (Å²) in [6.07, 6.45) is 0.623. The molecule has 8 nitrogen and oxygen atoms in total. The molecule has 1 aromatic heterocycles. The van der Waals surface area contributed by atoms with Crippen LogP contribution in [0.4, 0.5) is 10.1 Å². The molecule has 9 heteroatoms. The highest BCUT2D eigenvalue weighted by atomic mass is 19.1. The van der Waals surface area contributed by atoms with E-state index in [4.69, 9.17) is 4.74 Å². The monoisotopic (exact) mass is 676 g/mol. The molecule has 2 atom stereocenters. The summed E-state index contributed by atoms with van der Waals surface area (Å²) in [6.45, 7) is 4.32. The molecule has 4 aromatic carbocycles. The van der Waals surface area contributed by atoms with E-state index in [1.165, 1.54) is 25.3 Å². The standard InChI is InChI=1S/C41H41FN2O6/c1-27(2)44-36(23-20-33(45)24-34(46)25-37(47)49-3)38(30-14-16-31(42)17-15-30)39(29-12-8-5-9-13-29)40(44)41(48)43-32-18-21-35(22-19-32)50-26-28-10-6-4-7-11-28/h4-23,27,33-34,45-46H,24-26H2,1-3H3,(H,43,48)/t33-,34-/m1/s1. The molecule has 1 amide bonds. The van der Waals surface area contributed by atoms with E-state index in [1.807, 2.05) is 79.1 Å². The molecule has 5 aromatic rings. The number of methoxy groups -OCH3 is 1. The van der Waals surface area contributed by atoms with Crippen molar-refractivity contribution in [3.8, 4) is 28.0 Å². The van der Waals surface area contributed by atoms with Gasteiger partial charge in [0.2, 0.25) is 0 Å². The highest BCUT2D eigenvalue weighted by molar-refractivity contribution is 6.12. The molecule has 0 aliphatic rings. The number of esters is 1. The lowest BCUT2D eigenvalue weighted by Crippen LogP contribution is -2.20. The topological polar surface area (TPSA) is 110 Å². The molecule has 5 rings (SSSR count). The van der Waals surface area contributed by atoms with Gasteiger partial charge in [0.1, 0.15) is 23.9 Å². The first-order valence-electron chi connectivity index (χ1n) is 16.4. The van der Waals surface area contributed by atoms with Crippen molar-refractivity contribution >= 4 is 23.6 Å². The molecule has 1 heterocycles. The first kappa shape index (κ1) is 35.8. The van der Waals surface area contributed by atoms with Crippen LogP contribution in [-0.4, -0.2) is 46.0 Å². The van der Waals surface area contributed by atoms with E-state index in [0.29, 0.717) is 46.1 Å². The molecule has 50 heavy (non-hydrogen) atoms. The van der Waals surface area contributed by atoms with E-state index >= 15 is 0 Å². The van der Waals surface area contributed by atoms with E-state index in [-0.39, 0.29) is 24.8 Å². The third-order valence-corrected chi connectivity index (χ3v) is 8.15. The maximum atomic E-state index is 14.4. The predicted molar refractivity (Wildman–Crippen MR) is 193 cm³/mol. The number of ether oxygens (including phenoxy) is 2. The number of aliphatic hydroxyl groups excluding tert-OH is 2. The van der Waals surface area contributed by atoms with Crippen LogP contribution in [0, 0.1) is 5.82 Å². The number of nitrogens with one attached hydrogen (secondary N) is 1. The third kappa shape index (κ3) is 8.93. The van der Waals surface area contributed by atoms with Crippen molar-refractivity contribution in [3.63, 3.8) is 0 Å².